The molecule has 5 heteroatoms. The number of likely N-dealkylation sites (tertiary alicyclic amines) is 1. The molecule has 0 bridgehead atoms. The minimum Gasteiger partial charge on any atom is -0.481 e. The molecule has 0 saturated carbocycles. The largest absolute Gasteiger partial charge is 0.481 e. The van der Waals surface area contributed by atoms with Crippen molar-refractivity contribution in [1.29, 1.82) is 0 Å². The molecule has 0 spiro atoms. The second-order valence-electron chi connectivity index (χ2n) is 7.63. The number of hydrogen-bond acceptors (Lipinski definition) is 4. The molecule has 138 valence electrons. The molecule has 0 amide bonds. The van der Waals surface area contributed by atoms with Crippen LogP contribution in [0.15, 0.2) is 54.9 Å². The normalized spacial score (nSPS) is 21.7. The molecule has 1 saturated heterocycles. The highest BCUT2D eigenvalue weighted by molar-refractivity contribution is 5.59. The standard InChI is InChI=1S/C22H24N4O/c1-27-22-17(8-5-9-23-22)12-25-13-18-10-21-24-11-20(16-6-3-2-4-7-16)26(21)15-19(18)14-25/h2-9,11,18-19H,10,12-15H2,1H3/t18-,19-/m0/s1. The van der Waals surface area contributed by atoms with Gasteiger partial charge in [0.2, 0.25) is 5.88 Å². The van der Waals surface area contributed by atoms with Crippen LogP contribution in [0.1, 0.15) is 11.4 Å². The summed E-state index contributed by atoms with van der Waals surface area (Å²) in [4.78, 5) is 11.6. The lowest BCUT2D eigenvalue weighted by Crippen LogP contribution is -2.28. The molecule has 0 aliphatic carbocycles. The van der Waals surface area contributed by atoms with Gasteiger partial charge in [-0.25, -0.2) is 9.97 Å². The maximum Gasteiger partial charge on any atom is 0.217 e. The van der Waals surface area contributed by atoms with E-state index in [2.05, 4.69) is 50.8 Å². The van der Waals surface area contributed by atoms with E-state index in [-0.39, 0.29) is 0 Å². The Labute approximate surface area is 159 Å². The molecule has 1 fully saturated rings. The number of fused-ring (bicyclic) bond motifs is 2. The fourth-order valence-electron chi connectivity index (χ4n) is 4.66. The lowest BCUT2D eigenvalue weighted by atomic mass is 9.89. The van der Waals surface area contributed by atoms with Gasteiger partial charge >= 0.3 is 0 Å². The number of imidazole rings is 1. The lowest BCUT2D eigenvalue weighted by molar-refractivity contribution is 0.299. The first-order valence-electron chi connectivity index (χ1n) is 9.62. The van der Waals surface area contributed by atoms with Crippen molar-refractivity contribution in [3.63, 3.8) is 0 Å². The molecule has 2 aromatic heterocycles. The monoisotopic (exact) mass is 360 g/mol. The van der Waals surface area contributed by atoms with Crippen molar-refractivity contribution < 1.29 is 4.74 Å². The Morgan fingerprint density at radius 2 is 1.85 bits per heavy atom. The van der Waals surface area contributed by atoms with Crippen molar-refractivity contribution >= 4 is 0 Å². The maximum absolute atomic E-state index is 5.43. The maximum atomic E-state index is 5.43. The average Bonchev–Trinajstić information content (AvgIpc) is 3.29. The van der Waals surface area contributed by atoms with Crippen molar-refractivity contribution in [2.45, 2.75) is 19.5 Å². The van der Waals surface area contributed by atoms with Crippen LogP contribution < -0.4 is 4.74 Å². The third-order valence-corrected chi connectivity index (χ3v) is 5.96. The molecule has 5 nitrogen and oxygen atoms in total. The van der Waals surface area contributed by atoms with Crippen LogP contribution in [0, 0.1) is 11.8 Å². The molecule has 27 heavy (non-hydrogen) atoms. The van der Waals surface area contributed by atoms with Crippen molar-refractivity contribution in [3.8, 4) is 17.1 Å². The summed E-state index contributed by atoms with van der Waals surface area (Å²) in [6.45, 7) is 4.20. The van der Waals surface area contributed by atoms with Crippen LogP contribution in [0.25, 0.3) is 11.3 Å². The van der Waals surface area contributed by atoms with E-state index in [0.29, 0.717) is 11.8 Å². The predicted molar refractivity (Wildman–Crippen MR) is 104 cm³/mol. The number of benzene rings is 1. The molecule has 0 unspecified atom stereocenters. The SMILES string of the molecule is COc1ncccc1CN1C[C@@H]2Cc3ncc(-c4ccccc4)n3C[C@@H]2C1. The first-order chi connectivity index (χ1) is 13.3. The van der Waals surface area contributed by atoms with E-state index in [4.69, 9.17) is 9.72 Å². The second kappa shape index (κ2) is 6.82. The van der Waals surface area contributed by atoms with E-state index in [1.165, 1.54) is 22.6 Å². The number of ether oxygens (including phenoxy) is 1. The van der Waals surface area contributed by atoms with Crippen LogP contribution in [-0.4, -0.2) is 39.6 Å². The quantitative estimate of drug-likeness (QED) is 0.716. The molecule has 2 atom stereocenters. The molecule has 4 heterocycles. The first kappa shape index (κ1) is 16.5. The van der Waals surface area contributed by atoms with E-state index in [1.54, 1.807) is 13.3 Å². The predicted octanol–water partition coefficient (Wildman–Crippen LogP) is 3.26. The van der Waals surface area contributed by atoms with Crippen molar-refractivity contribution in [2.24, 2.45) is 11.8 Å². The van der Waals surface area contributed by atoms with E-state index < -0.39 is 0 Å². The number of nitrogens with zero attached hydrogens (tertiary/aromatic N) is 4. The van der Waals surface area contributed by atoms with Gasteiger partial charge in [-0.1, -0.05) is 36.4 Å². The summed E-state index contributed by atoms with van der Waals surface area (Å²) in [5.74, 6) is 3.34. The van der Waals surface area contributed by atoms with Crippen molar-refractivity contribution in [3.05, 3.63) is 66.2 Å². The Balaban J connectivity index is 1.34. The van der Waals surface area contributed by atoms with E-state index in [1.807, 2.05) is 12.3 Å². The van der Waals surface area contributed by atoms with Gasteiger partial charge in [-0.2, -0.15) is 0 Å². The molecule has 0 radical (unpaired) electrons. The first-order valence-corrected chi connectivity index (χ1v) is 9.62. The molecule has 0 N–H and O–H groups in total. The van der Waals surface area contributed by atoms with Crippen LogP contribution in [-0.2, 0) is 19.5 Å². The van der Waals surface area contributed by atoms with Gasteiger partial charge in [0, 0.05) is 44.4 Å². The van der Waals surface area contributed by atoms with E-state index >= 15 is 0 Å². The van der Waals surface area contributed by atoms with E-state index in [9.17, 15) is 0 Å². The van der Waals surface area contributed by atoms with Crippen molar-refractivity contribution in [1.82, 2.24) is 19.4 Å². The highest BCUT2D eigenvalue weighted by Gasteiger charge is 2.38. The van der Waals surface area contributed by atoms with Gasteiger partial charge in [-0.15, -0.1) is 0 Å². The van der Waals surface area contributed by atoms with E-state index in [0.717, 1.165) is 38.5 Å². The van der Waals surface area contributed by atoms with Gasteiger partial charge in [-0.05, 0) is 23.5 Å². The summed E-state index contributed by atoms with van der Waals surface area (Å²) >= 11 is 0. The van der Waals surface area contributed by atoms with Gasteiger partial charge in [0.1, 0.15) is 5.82 Å². The Morgan fingerprint density at radius 3 is 2.70 bits per heavy atom. The molecule has 5 rings (SSSR count). The van der Waals surface area contributed by atoms with Crippen LogP contribution in [0.3, 0.4) is 0 Å². The van der Waals surface area contributed by atoms with Gasteiger partial charge in [0.25, 0.3) is 0 Å². The zero-order chi connectivity index (χ0) is 18.2. The number of rotatable bonds is 4. The molecule has 2 aliphatic rings. The number of aromatic nitrogens is 3. The minimum atomic E-state index is 0.678. The van der Waals surface area contributed by atoms with Gasteiger partial charge in [-0.3, -0.25) is 4.90 Å². The fraction of sp³-hybridized carbons (Fsp3) is 0.364. The van der Waals surface area contributed by atoms with Crippen LogP contribution in [0.4, 0.5) is 0 Å². The molecular formula is C22H24N4O. The summed E-state index contributed by atoms with van der Waals surface area (Å²) in [6.07, 6.45) is 4.90. The average molecular weight is 360 g/mol. The Bertz CT molecular complexity index is 936. The zero-order valence-corrected chi connectivity index (χ0v) is 15.6. The van der Waals surface area contributed by atoms with Crippen LogP contribution in [0.2, 0.25) is 0 Å². The number of methoxy groups -OCH3 is 1. The van der Waals surface area contributed by atoms with Crippen LogP contribution >= 0.6 is 0 Å². The Morgan fingerprint density at radius 1 is 1.00 bits per heavy atom. The summed E-state index contributed by atoms with van der Waals surface area (Å²) in [5, 5.41) is 0. The molecule has 1 aromatic carbocycles. The zero-order valence-electron chi connectivity index (χ0n) is 15.6. The third kappa shape index (κ3) is 3.02. The minimum absolute atomic E-state index is 0.678. The number of hydrogen-bond donors (Lipinski definition) is 0. The summed E-state index contributed by atoms with van der Waals surface area (Å²) in [7, 11) is 1.69. The fourth-order valence-corrected chi connectivity index (χ4v) is 4.66. The van der Waals surface area contributed by atoms with Gasteiger partial charge < -0.3 is 9.30 Å². The molecule has 3 aromatic rings. The van der Waals surface area contributed by atoms with Gasteiger partial charge in [0.05, 0.1) is 19.0 Å². The Hall–Kier alpha value is -2.66. The topological polar surface area (TPSA) is 43.2 Å². The third-order valence-electron chi connectivity index (χ3n) is 5.96. The van der Waals surface area contributed by atoms with Gasteiger partial charge in [0.15, 0.2) is 0 Å². The molecule has 2 aliphatic heterocycles. The highest BCUT2D eigenvalue weighted by Crippen LogP contribution is 2.36. The lowest BCUT2D eigenvalue weighted by Gasteiger charge is -2.27. The molecular weight excluding hydrogens is 336 g/mol. The Kier molecular flexibility index (Phi) is 4.17. The highest BCUT2D eigenvalue weighted by atomic mass is 16.5. The second-order valence-corrected chi connectivity index (χ2v) is 7.63. The summed E-state index contributed by atoms with van der Waals surface area (Å²) in [5.41, 5.74) is 3.67. The van der Waals surface area contributed by atoms with Crippen molar-refractivity contribution in [2.75, 3.05) is 20.2 Å². The number of pyridine rings is 1. The smallest absolute Gasteiger partial charge is 0.217 e. The summed E-state index contributed by atoms with van der Waals surface area (Å²) < 4.78 is 7.86. The van der Waals surface area contributed by atoms with Crippen LogP contribution in [0.5, 0.6) is 5.88 Å². The summed E-state index contributed by atoms with van der Waals surface area (Å²) in [6, 6.07) is 14.7.